The van der Waals surface area contributed by atoms with E-state index in [0.717, 1.165) is 24.1 Å². The summed E-state index contributed by atoms with van der Waals surface area (Å²) < 4.78 is 23.3. The van der Waals surface area contributed by atoms with Gasteiger partial charge >= 0.3 is 7.60 Å². The van der Waals surface area contributed by atoms with Gasteiger partial charge < -0.3 is 14.4 Å². The molecule has 1 amide bonds. The van der Waals surface area contributed by atoms with Crippen LogP contribution in [0.5, 0.6) is 0 Å². The molecule has 31 heavy (non-hydrogen) atoms. The minimum absolute atomic E-state index is 0.0537. The van der Waals surface area contributed by atoms with Crippen LogP contribution in [0.2, 0.25) is 0 Å². The number of carbonyl (C=O) groups is 1. The first-order valence-corrected chi connectivity index (χ1v) is 14.0. The fourth-order valence-corrected chi connectivity index (χ4v) is 5.31. The number of anilines is 1. The molecule has 5 nitrogen and oxygen atoms in total. The Labute approximate surface area is 190 Å². The summed E-state index contributed by atoms with van der Waals surface area (Å²) in [6.07, 6.45) is 14.8. The van der Waals surface area contributed by atoms with E-state index in [9.17, 15) is 9.36 Å². The second-order valence-electron chi connectivity index (χ2n) is 8.14. The zero-order valence-corrected chi connectivity index (χ0v) is 20.9. The maximum Gasteiger partial charge on any atom is 0.335 e. The first-order chi connectivity index (χ1) is 15.0. The van der Waals surface area contributed by atoms with Gasteiger partial charge in [0.15, 0.2) is 0 Å². The summed E-state index contributed by atoms with van der Waals surface area (Å²) in [4.78, 5) is 12.2. The van der Waals surface area contributed by atoms with Gasteiger partial charge in [0, 0.05) is 12.1 Å². The minimum atomic E-state index is -3.11. The molecule has 0 aliphatic heterocycles. The van der Waals surface area contributed by atoms with Gasteiger partial charge in [-0.3, -0.25) is 9.36 Å². The van der Waals surface area contributed by atoms with Gasteiger partial charge in [-0.15, -0.1) is 0 Å². The standard InChI is InChI=1S/C25H44NO4P/c1-4-7-8-9-10-11-12-13-14-15-16-17-25(27)26-24-20-18-23(19-21-24)22-31(28,29-5-2)30-6-3/h18-21H,4-17,22H2,1-3H3,(H,26,27). The van der Waals surface area contributed by atoms with Crippen LogP contribution in [-0.4, -0.2) is 19.1 Å². The highest BCUT2D eigenvalue weighted by Gasteiger charge is 2.23. The number of hydrogen-bond donors (Lipinski definition) is 1. The average Bonchev–Trinajstić information content (AvgIpc) is 2.73. The quantitative estimate of drug-likeness (QED) is 0.170. The van der Waals surface area contributed by atoms with E-state index in [1.165, 1.54) is 57.8 Å². The third kappa shape index (κ3) is 13.8. The molecule has 0 spiro atoms. The van der Waals surface area contributed by atoms with Crippen molar-refractivity contribution in [2.45, 2.75) is 104 Å². The Morgan fingerprint density at radius 1 is 0.774 bits per heavy atom. The van der Waals surface area contributed by atoms with Crippen LogP contribution in [0.4, 0.5) is 5.69 Å². The van der Waals surface area contributed by atoms with Crippen molar-refractivity contribution in [1.82, 2.24) is 0 Å². The van der Waals surface area contributed by atoms with Crippen LogP contribution in [-0.2, 0) is 24.6 Å². The second kappa shape index (κ2) is 17.4. The molecule has 0 unspecified atom stereocenters. The van der Waals surface area contributed by atoms with Crippen molar-refractivity contribution in [2.75, 3.05) is 18.5 Å². The molecule has 6 heteroatoms. The number of hydrogen-bond acceptors (Lipinski definition) is 4. The largest absolute Gasteiger partial charge is 0.335 e. The molecule has 0 saturated carbocycles. The Morgan fingerprint density at radius 3 is 1.74 bits per heavy atom. The maximum atomic E-state index is 12.6. The smallest absolute Gasteiger partial charge is 0.326 e. The van der Waals surface area contributed by atoms with Crippen LogP contribution in [0.15, 0.2) is 24.3 Å². The molecule has 0 radical (unpaired) electrons. The van der Waals surface area contributed by atoms with E-state index in [4.69, 9.17) is 9.05 Å². The third-order valence-corrected chi connectivity index (χ3v) is 7.33. The topological polar surface area (TPSA) is 64.6 Å². The van der Waals surface area contributed by atoms with Crippen LogP contribution in [0.3, 0.4) is 0 Å². The van der Waals surface area contributed by atoms with E-state index < -0.39 is 7.60 Å². The van der Waals surface area contributed by atoms with E-state index in [-0.39, 0.29) is 12.1 Å². The van der Waals surface area contributed by atoms with Crippen molar-refractivity contribution >= 4 is 19.2 Å². The predicted molar refractivity (Wildman–Crippen MR) is 131 cm³/mol. The minimum Gasteiger partial charge on any atom is -0.326 e. The molecule has 178 valence electrons. The molecule has 1 N–H and O–H groups in total. The van der Waals surface area contributed by atoms with E-state index in [1.807, 2.05) is 24.3 Å². The maximum absolute atomic E-state index is 12.6. The van der Waals surface area contributed by atoms with Gasteiger partial charge in [0.05, 0.1) is 19.4 Å². The fraction of sp³-hybridized carbons (Fsp3) is 0.720. The Morgan fingerprint density at radius 2 is 1.26 bits per heavy atom. The summed E-state index contributed by atoms with van der Waals surface area (Å²) in [6, 6.07) is 7.41. The molecular weight excluding hydrogens is 409 g/mol. The molecule has 1 aromatic carbocycles. The lowest BCUT2D eigenvalue weighted by atomic mass is 10.1. The van der Waals surface area contributed by atoms with Gasteiger partial charge in [0.2, 0.25) is 5.91 Å². The number of nitrogens with one attached hydrogen (secondary N) is 1. The molecular formula is C25H44NO4P. The Bertz CT molecular complexity index is 623. The first-order valence-electron chi connectivity index (χ1n) is 12.3. The molecule has 0 aromatic heterocycles. The summed E-state index contributed by atoms with van der Waals surface area (Å²) >= 11 is 0. The Balaban J connectivity index is 2.18. The van der Waals surface area contributed by atoms with Crippen molar-refractivity contribution < 1.29 is 18.4 Å². The molecule has 0 atom stereocenters. The molecule has 0 bridgehead atoms. The van der Waals surface area contributed by atoms with E-state index >= 15 is 0 Å². The van der Waals surface area contributed by atoms with Crippen LogP contribution in [0, 0.1) is 0 Å². The van der Waals surface area contributed by atoms with E-state index in [2.05, 4.69) is 12.2 Å². The normalized spacial score (nSPS) is 11.6. The molecule has 0 saturated heterocycles. The number of amides is 1. The zero-order valence-electron chi connectivity index (χ0n) is 20.0. The number of rotatable bonds is 19. The number of unbranched alkanes of at least 4 members (excludes halogenated alkanes) is 10. The summed E-state index contributed by atoms with van der Waals surface area (Å²) in [5.41, 5.74) is 1.63. The van der Waals surface area contributed by atoms with Gasteiger partial charge in [0.25, 0.3) is 0 Å². The molecule has 0 heterocycles. The third-order valence-electron chi connectivity index (χ3n) is 5.27. The van der Waals surface area contributed by atoms with Crippen molar-refractivity contribution in [2.24, 2.45) is 0 Å². The number of benzene rings is 1. The Kier molecular flexibility index (Phi) is 15.6. The van der Waals surface area contributed by atoms with Gasteiger partial charge in [-0.1, -0.05) is 83.3 Å². The lowest BCUT2D eigenvalue weighted by Gasteiger charge is -2.17. The monoisotopic (exact) mass is 453 g/mol. The molecule has 0 aliphatic carbocycles. The first kappa shape index (κ1) is 27.9. The fourth-order valence-electron chi connectivity index (χ4n) is 3.61. The van der Waals surface area contributed by atoms with E-state index in [1.54, 1.807) is 13.8 Å². The van der Waals surface area contributed by atoms with Crippen LogP contribution in [0.25, 0.3) is 0 Å². The van der Waals surface area contributed by atoms with Crippen molar-refractivity contribution in [3.05, 3.63) is 29.8 Å². The van der Waals surface area contributed by atoms with Crippen molar-refractivity contribution in [3.63, 3.8) is 0 Å². The molecule has 1 aromatic rings. The van der Waals surface area contributed by atoms with Crippen molar-refractivity contribution in [1.29, 1.82) is 0 Å². The van der Waals surface area contributed by atoms with Gasteiger partial charge in [-0.25, -0.2) is 0 Å². The van der Waals surface area contributed by atoms with Crippen molar-refractivity contribution in [3.8, 4) is 0 Å². The highest BCUT2D eigenvalue weighted by molar-refractivity contribution is 7.53. The summed E-state index contributed by atoms with van der Waals surface area (Å²) in [6.45, 7) is 6.57. The Hall–Kier alpha value is -1.16. The lowest BCUT2D eigenvalue weighted by molar-refractivity contribution is -0.116. The molecule has 0 aliphatic rings. The lowest BCUT2D eigenvalue weighted by Crippen LogP contribution is -2.11. The molecule has 1 rings (SSSR count). The van der Waals surface area contributed by atoms with Crippen LogP contribution < -0.4 is 5.32 Å². The highest BCUT2D eigenvalue weighted by Crippen LogP contribution is 2.51. The summed E-state index contributed by atoms with van der Waals surface area (Å²) in [5, 5.41) is 2.95. The number of carbonyl (C=O) groups excluding carboxylic acids is 1. The molecule has 0 fully saturated rings. The van der Waals surface area contributed by atoms with Gasteiger partial charge in [-0.2, -0.15) is 0 Å². The van der Waals surface area contributed by atoms with Gasteiger partial charge in [0.1, 0.15) is 0 Å². The summed E-state index contributed by atoms with van der Waals surface area (Å²) in [5.74, 6) is 0.0537. The summed E-state index contributed by atoms with van der Waals surface area (Å²) in [7, 11) is -3.11. The SMILES string of the molecule is CCCCCCCCCCCCCC(=O)Nc1ccc(CP(=O)(OCC)OCC)cc1. The average molecular weight is 454 g/mol. The predicted octanol–water partition coefficient (Wildman–Crippen LogP) is 8.09. The van der Waals surface area contributed by atoms with E-state index in [0.29, 0.717) is 19.6 Å². The van der Waals surface area contributed by atoms with Gasteiger partial charge in [-0.05, 0) is 38.0 Å². The second-order valence-corrected chi connectivity index (χ2v) is 10.2. The highest BCUT2D eigenvalue weighted by atomic mass is 31.2. The van der Waals surface area contributed by atoms with Crippen LogP contribution >= 0.6 is 7.60 Å². The zero-order chi connectivity index (χ0) is 22.8. The van der Waals surface area contributed by atoms with Crippen LogP contribution in [0.1, 0.15) is 103 Å².